The van der Waals surface area contributed by atoms with Crippen LogP contribution in [-0.4, -0.2) is 46.4 Å². The first kappa shape index (κ1) is 20.1. The van der Waals surface area contributed by atoms with Gasteiger partial charge in [-0.2, -0.15) is 0 Å². The van der Waals surface area contributed by atoms with Crippen LogP contribution in [0.3, 0.4) is 0 Å². The van der Waals surface area contributed by atoms with E-state index in [1.807, 2.05) is 18.2 Å². The average Bonchev–Trinajstić information content (AvgIpc) is 2.64. The number of benzene rings is 1. The third-order valence-corrected chi connectivity index (χ3v) is 3.69. The third-order valence-electron chi connectivity index (χ3n) is 3.69. The second-order valence-corrected chi connectivity index (χ2v) is 5.79. The summed E-state index contributed by atoms with van der Waals surface area (Å²) in [6.45, 7) is 1.34. The molecule has 7 N–H and O–H groups in total. The summed E-state index contributed by atoms with van der Waals surface area (Å²) in [6.07, 6.45) is 0.497. The van der Waals surface area contributed by atoms with Crippen LogP contribution in [0.1, 0.15) is 24.1 Å². The van der Waals surface area contributed by atoms with Crippen LogP contribution in [0, 0.1) is 5.41 Å². The number of ether oxygens (including phenoxy) is 1. The highest BCUT2D eigenvalue weighted by Gasteiger charge is 2.20. The molecule has 9 heteroatoms. The van der Waals surface area contributed by atoms with Gasteiger partial charge in [0.05, 0.1) is 24.3 Å². The summed E-state index contributed by atoms with van der Waals surface area (Å²) >= 11 is 0. The molecule has 2 amide bonds. The first-order valence-corrected chi connectivity index (χ1v) is 8.31. The molecule has 0 fully saturated rings. The molecular formula is C18H23N5O4. The van der Waals surface area contributed by atoms with E-state index in [0.29, 0.717) is 0 Å². The van der Waals surface area contributed by atoms with Crippen LogP contribution in [-0.2, 0) is 4.74 Å². The van der Waals surface area contributed by atoms with Crippen molar-refractivity contribution < 1.29 is 19.7 Å². The lowest BCUT2D eigenvalue weighted by atomic mass is 10.0. The van der Waals surface area contributed by atoms with Crippen molar-refractivity contribution in [3.8, 4) is 0 Å². The van der Waals surface area contributed by atoms with Gasteiger partial charge in [-0.1, -0.05) is 30.3 Å². The number of nitrogen functional groups attached to an aromatic ring is 1. The van der Waals surface area contributed by atoms with Gasteiger partial charge in [-0.05, 0) is 12.5 Å². The highest BCUT2D eigenvalue weighted by molar-refractivity contribution is 5.97. The number of urea groups is 1. The molecule has 0 radical (unpaired) electrons. The summed E-state index contributed by atoms with van der Waals surface area (Å²) in [4.78, 5) is 16.3. The first-order valence-electron chi connectivity index (χ1n) is 8.31. The quantitative estimate of drug-likeness (QED) is 0.317. The molecule has 0 spiro atoms. The van der Waals surface area contributed by atoms with Crippen molar-refractivity contribution in [2.45, 2.75) is 19.1 Å². The number of carbonyl (C=O) groups is 1. The summed E-state index contributed by atoms with van der Waals surface area (Å²) in [5, 5.41) is 31.7. The van der Waals surface area contributed by atoms with E-state index in [1.54, 1.807) is 19.1 Å². The third kappa shape index (κ3) is 5.66. The Morgan fingerprint density at radius 3 is 2.67 bits per heavy atom. The standard InChI is InChI=1S/C18H23N5O4/c1-11(25)16(12-5-3-2-4-6-12)23-18(26)22-15-9-14(19)13(10-21-15)17(20)27-8-7-24/h2-6,9-11,16,20,24-25H,7-8H2,1H3,(H4,19,21,22,23,26)/t11-,16-/m1/s1. The minimum atomic E-state index is -0.803. The summed E-state index contributed by atoms with van der Waals surface area (Å²) in [5.41, 5.74) is 7.08. The number of amides is 2. The minimum Gasteiger partial charge on any atom is -0.475 e. The van der Waals surface area contributed by atoms with Gasteiger partial charge in [0.15, 0.2) is 0 Å². The van der Waals surface area contributed by atoms with Crippen molar-refractivity contribution in [3.05, 3.63) is 53.7 Å². The topological polar surface area (TPSA) is 154 Å². The van der Waals surface area contributed by atoms with E-state index in [1.165, 1.54) is 12.3 Å². The number of hydrogen-bond acceptors (Lipinski definition) is 7. The predicted molar refractivity (Wildman–Crippen MR) is 102 cm³/mol. The average molecular weight is 373 g/mol. The number of aromatic nitrogens is 1. The fourth-order valence-corrected chi connectivity index (χ4v) is 2.39. The molecule has 0 aliphatic carbocycles. The number of pyridine rings is 1. The molecule has 1 aromatic carbocycles. The number of hydrogen-bond donors (Lipinski definition) is 6. The van der Waals surface area contributed by atoms with Gasteiger partial charge in [-0.3, -0.25) is 10.7 Å². The van der Waals surface area contributed by atoms with Crippen molar-refractivity contribution in [3.63, 3.8) is 0 Å². The molecule has 0 aliphatic heterocycles. The number of anilines is 2. The molecule has 0 aliphatic rings. The first-order chi connectivity index (χ1) is 12.9. The van der Waals surface area contributed by atoms with Crippen LogP contribution in [0.15, 0.2) is 42.6 Å². The highest BCUT2D eigenvalue weighted by Crippen LogP contribution is 2.18. The number of aliphatic hydroxyl groups excluding tert-OH is 2. The molecule has 2 rings (SSSR count). The van der Waals surface area contributed by atoms with Gasteiger partial charge in [0.1, 0.15) is 12.4 Å². The fraction of sp³-hybridized carbons (Fsp3) is 0.278. The van der Waals surface area contributed by atoms with Gasteiger partial charge in [-0.15, -0.1) is 0 Å². The van der Waals surface area contributed by atoms with Gasteiger partial charge < -0.3 is 26.0 Å². The minimum absolute atomic E-state index is 0.0269. The van der Waals surface area contributed by atoms with Crippen LogP contribution < -0.4 is 16.4 Å². The molecule has 2 atom stereocenters. The summed E-state index contributed by atoms with van der Waals surface area (Å²) in [7, 11) is 0. The zero-order chi connectivity index (χ0) is 19.8. The number of nitrogens with two attached hydrogens (primary N) is 1. The van der Waals surface area contributed by atoms with Crippen molar-refractivity contribution in [1.82, 2.24) is 10.3 Å². The fourth-order valence-electron chi connectivity index (χ4n) is 2.39. The molecule has 144 valence electrons. The van der Waals surface area contributed by atoms with Crippen molar-refractivity contribution in [2.75, 3.05) is 24.3 Å². The maximum absolute atomic E-state index is 12.3. The molecular weight excluding hydrogens is 350 g/mol. The molecule has 0 saturated heterocycles. The molecule has 0 saturated carbocycles. The normalized spacial score (nSPS) is 12.7. The Bertz CT molecular complexity index is 783. The smallest absolute Gasteiger partial charge is 0.320 e. The van der Waals surface area contributed by atoms with Crippen LogP contribution in [0.4, 0.5) is 16.3 Å². The van der Waals surface area contributed by atoms with Crippen molar-refractivity contribution in [1.29, 1.82) is 5.41 Å². The van der Waals surface area contributed by atoms with Gasteiger partial charge in [-0.25, -0.2) is 9.78 Å². The molecule has 1 heterocycles. The van der Waals surface area contributed by atoms with E-state index in [2.05, 4.69) is 15.6 Å². The van der Waals surface area contributed by atoms with Crippen LogP contribution in [0.25, 0.3) is 0 Å². The van der Waals surface area contributed by atoms with Crippen LogP contribution in [0.2, 0.25) is 0 Å². The predicted octanol–water partition coefficient (Wildman–Crippen LogP) is 1.24. The zero-order valence-electron chi connectivity index (χ0n) is 14.8. The van der Waals surface area contributed by atoms with E-state index in [9.17, 15) is 9.90 Å². The number of rotatable bonds is 7. The Kier molecular flexibility index (Phi) is 7.09. The Morgan fingerprint density at radius 2 is 2.07 bits per heavy atom. The van der Waals surface area contributed by atoms with E-state index in [0.717, 1.165) is 5.56 Å². The zero-order valence-corrected chi connectivity index (χ0v) is 14.8. The van der Waals surface area contributed by atoms with E-state index in [4.69, 9.17) is 21.0 Å². The molecule has 2 aromatic rings. The molecule has 0 bridgehead atoms. The van der Waals surface area contributed by atoms with E-state index in [-0.39, 0.29) is 36.2 Å². The number of aliphatic hydroxyl groups is 2. The lowest BCUT2D eigenvalue weighted by molar-refractivity contribution is 0.148. The SMILES string of the molecule is C[C@@H](O)[C@@H](NC(=O)Nc1cc(N)c(C(=N)OCCO)cn1)c1ccccc1. The number of nitrogens with zero attached hydrogens (tertiary/aromatic N) is 1. The number of nitrogens with one attached hydrogen (secondary N) is 3. The van der Waals surface area contributed by atoms with Crippen LogP contribution in [0.5, 0.6) is 0 Å². The van der Waals surface area contributed by atoms with Crippen LogP contribution >= 0.6 is 0 Å². The maximum atomic E-state index is 12.3. The lowest BCUT2D eigenvalue weighted by Crippen LogP contribution is -2.38. The van der Waals surface area contributed by atoms with Gasteiger partial charge >= 0.3 is 6.03 Å². The Morgan fingerprint density at radius 1 is 1.37 bits per heavy atom. The molecule has 27 heavy (non-hydrogen) atoms. The molecule has 9 nitrogen and oxygen atoms in total. The molecule has 1 aromatic heterocycles. The lowest BCUT2D eigenvalue weighted by Gasteiger charge is -2.22. The van der Waals surface area contributed by atoms with Gasteiger partial charge in [0, 0.05) is 18.0 Å². The second kappa shape index (κ2) is 9.51. The second-order valence-electron chi connectivity index (χ2n) is 5.79. The molecule has 0 unspecified atom stereocenters. The van der Waals surface area contributed by atoms with Crippen molar-refractivity contribution in [2.24, 2.45) is 0 Å². The van der Waals surface area contributed by atoms with E-state index >= 15 is 0 Å². The number of carbonyl (C=O) groups excluding carboxylic acids is 1. The highest BCUT2D eigenvalue weighted by atomic mass is 16.5. The summed E-state index contributed by atoms with van der Waals surface area (Å²) in [5.74, 6) is -0.0376. The van der Waals surface area contributed by atoms with E-state index < -0.39 is 18.2 Å². The largest absolute Gasteiger partial charge is 0.475 e. The summed E-state index contributed by atoms with van der Waals surface area (Å²) < 4.78 is 4.99. The maximum Gasteiger partial charge on any atom is 0.320 e. The Labute approximate surface area is 156 Å². The monoisotopic (exact) mass is 373 g/mol. The summed E-state index contributed by atoms with van der Waals surface area (Å²) in [6, 6.07) is 9.34. The van der Waals surface area contributed by atoms with Gasteiger partial charge in [0.2, 0.25) is 5.90 Å². The Hall–Kier alpha value is -3.17. The van der Waals surface area contributed by atoms with Gasteiger partial charge in [0.25, 0.3) is 0 Å². The Balaban J connectivity index is 2.04. The van der Waals surface area contributed by atoms with Crippen molar-refractivity contribution >= 4 is 23.4 Å².